The third-order valence-corrected chi connectivity index (χ3v) is 11.6. The lowest BCUT2D eigenvalue weighted by atomic mass is 9.84. The van der Waals surface area contributed by atoms with Gasteiger partial charge in [-0.3, -0.25) is 24.0 Å². The van der Waals surface area contributed by atoms with Crippen LogP contribution in [0.15, 0.2) is 64.3 Å². The number of Topliss-reactive ketones (excluding diaryl/α,β-unsaturated/α-hetero) is 1. The van der Waals surface area contributed by atoms with Crippen molar-refractivity contribution in [2.75, 3.05) is 6.54 Å². The SMILES string of the molecule is CCC[C@H](NC(=O)[C@@H]1C[C@]2(CC(c3cccc(Cl)c3)=NO2)CN1C(=O)[C@@H](NC(=O)CC1CCCCC1)C(C)(C)C)C(=O)C(=O)NCc1cc(-c2ccc(C)cc2)no1. The highest BCUT2D eigenvalue weighted by molar-refractivity contribution is 6.38. The van der Waals surface area contributed by atoms with Crippen molar-refractivity contribution in [3.63, 3.8) is 0 Å². The van der Waals surface area contributed by atoms with Crippen LogP contribution in [-0.2, 0) is 35.4 Å². The molecule has 0 unspecified atom stereocenters. The van der Waals surface area contributed by atoms with Crippen LogP contribution >= 0.6 is 11.6 Å². The molecule has 310 valence electrons. The van der Waals surface area contributed by atoms with Gasteiger partial charge in [-0.1, -0.05) is 117 Å². The number of halogens is 1. The van der Waals surface area contributed by atoms with E-state index < -0.39 is 52.6 Å². The average molecular weight is 815 g/mol. The average Bonchev–Trinajstić information content (AvgIpc) is 3.94. The van der Waals surface area contributed by atoms with Gasteiger partial charge in [-0.2, -0.15) is 0 Å². The summed E-state index contributed by atoms with van der Waals surface area (Å²) in [4.78, 5) is 77.0. The number of carbonyl (C=O) groups excluding carboxylic acids is 5. The Hall–Kier alpha value is -5.04. The van der Waals surface area contributed by atoms with Crippen LogP contribution in [0.3, 0.4) is 0 Å². The first-order valence-corrected chi connectivity index (χ1v) is 20.8. The van der Waals surface area contributed by atoms with Crippen molar-refractivity contribution in [3.05, 3.63) is 76.5 Å². The molecule has 2 aromatic carbocycles. The van der Waals surface area contributed by atoms with Crippen molar-refractivity contribution >= 4 is 46.7 Å². The van der Waals surface area contributed by atoms with Crippen LogP contribution in [0.1, 0.15) is 109 Å². The molecule has 0 radical (unpaired) electrons. The lowest BCUT2D eigenvalue weighted by molar-refractivity contribution is -0.145. The standard InChI is InChI=1S/C44H55ClN6O7/c1-6-11-33(38(53)41(55)46-25-32-22-34(49-57-32)29-18-16-27(2)17-19-29)47-40(54)36-24-44(23-35(50-58-44)30-14-10-15-31(45)21-30)26-51(36)42(56)39(43(3,4)5)48-37(52)20-28-12-8-7-9-13-28/h10,14-19,21-22,28,33,36,39H,6-9,11-13,20,23-26H2,1-5H3,(H,46,55)(H,47,54)(H,48,52)/t33-,36-,39+,44+/m0/s1. The molecule has 13 nitrogen and oxygen atoms in total. The van der Waals surface area contributed by atoms with Gasteiger partial charge in [0.05, 0.1) is 24.8 Å². The van der Waals surface area contributed by atoms with Crippen LogP contribution in [0.2, 0.25) is 5.02 Å². The maximum absolute atomic E-state index is 14.7. The van der Waals surface area contributed by atoms with Gasteiger partial charge in [-0.05, 0) is 49.7 Å². The predicted octanol–water partition coefficient (Wildman–Crippen LogP) is 6.44. The number of aromatic nitrogens is 1. The first-order chi connectivity index (χ1) is 27.6. The summed E-state index contributed by atoms with van der Waals surface area (Å²) in [5, 5.41) is 17.4. The van der Waals surface area contributed by atoms with Gasteiger partial charge in [0.2, 0.25) is 23.5 Å². The van der Waals surface area contributed by atoms with E-state index in [2.05, 4.69) is 26.3 Å². The van der Waals surface area contributed by atoms with Crippen molar-refractivity contribution in [2.24, 2.45) is 16.5 Å². The monoisotopic (exact) mass is 814 g/mol. The van der Waals surface area contributed by atoms with Crippen LogP contribution in [0.5, 0.6) is 0 Å². The lowest BCUT2D eigenvalue weighted by Crippen LogP contribution is -2.59. The van der Waals surface area contributed by atoms with Crippen molar-refractivity contribution in [3.8, 4) is 11.3 Å². The van der Waals surface area contributed by atoms with Crippen LogP contribution in [0.4, 0.5) is 0 Å². The van der Waals surface area contributed by atoms with Crippen molar-refractivity contribution in [2.45, 2.75) is 129 Å². The minimum atomic E-state index is -1.17. The zero-order chi connectivity index (χ0) is 41.6. The molecule has 1 aromatic heterocycles. The van der Waals surface area contributed by atoms with E-state index in [1.807, 2.05) is 71.0 Å². The number of likely N-dealkylation sites (tertiary alicyclic amines) is 1. The van der Waals surface area contributed by atoms with Crippen molar-refractivity contribution < 1.29 is 33.3 Å². The first kappa shape index (κ1) is 42.6. The zero-order valence-corrected chi connectivity index (χ0v) is 34.8. The Morgan fingerprint density at radius 2 is 1.72 bits per heavy atom. The van der Waals surface area contributed by atoms with Gasteiger partial charge >= 0.3 is 0 Å². The molecule has 6 rings (SSSR count). The fourth-order valence-electron chi connectivity index (χ4n) is 8.13. The predicted molar refractivity (Wildman–Crippen MR) is 219 cm³/mol. The molecule has 4 amide bonds. The first-order valence-electron chi connectivity index (χ1n) is 20.4. The molecular formula is C44H55ClN6O7. The molecule has 4 atom stereocenters. The number of carbonyl (C=O) groups is 5. The highest BCUT2D eigenvalue weighted by Gasteiger charge is 2.55. The quantitative estimate of drug-likeness (QED) is 0.156. The van der Waals surface area contributed by atoms with Gasteiger partial charge in [0.15, 0.2) is 11.4 Å². The van der Waals surface area contributed by atoms with Crippen LogP contribution in [0, 0.1) is 18.3 Å². The van der Waals surface area contributed by atoms with E-state index in [1.165, 1.54) is 11.3 Å². The third-order valence-electron chi connectivity index (χ3n) is 11.4. The number of rotatable bonds is 14. The number of amides is 4. The molecule has 2 fully saturated rings. The molecule has 58 heavy (non-hydrogen) atoms. The smallest absolute Gasteiger partial charge is 0.289 e. The van der Waals surface area contributed by atoms with E-state index in [0.717, 1.165) is 42.4 Å². The normalized spacial score (nSPS) is 20.6. The van der Waals surface area contributed by atoms with Gasteiger partial charge in [0.1, 0.15) is 17.8 Å². The molecule has 3 aromatic rings. The minimum Gasteiger partial charge on any atom is -0.387 e. The highest BCUT2D eigenvalue weighted by Crippen LogP contribution is 2.40. The van der Waals surface area contributed by atoms with Crippen LogP contribution in [-0.4, -0.2) is 75.5 Å². The maximum Gasteiger partial charge on any atom is 0.289 e. The number of ketones is 1. The minimum absolute atomic E-state index is 0.0111. The van der Waals surface area contributed by atoms with Gasteiger partial charge in [0, 0.05) is 41.5 Å². The summed E-state index contributed by atoms with van der Waals surface area (Å²) in [5.41, 5.74) is 2.16. The van der Waals surface area contributed by atoms with Crippen LogP contribution in [0.25, 0.3) is 11.3 Å². The maximum atomic E-state index is 14.7. The number of nitrogens with zero attached hydrogens (tertiary/aromatic N) is 3. The molecule has 1 spiro atoms. The summed E-state index contributed by atoms with van der Waals surface area (Å²) in [5.74, 6) is -2.34. The van der Waals surface area contributed by atoms with Crippen molar-refractivity contribution in [1.82, 2.24) is 26.0 Å². The molecule has 2 aliphatic heterocycles. The van der Waals surface area contributed by atoms with E-state index >= 15 is 0 Å². The number of hydrogen-bond acceptors (Lipinski definition) is 9. The molecule has 0 bridgehead atoms. The molecular weight excluding hydrogens is 760 g/mol. The second kappa shape index (κ2) is 18.3. The molecule has 1 aliphatic carbocycles. The van der Waals surface area contributed by atoms with E-state index in [-0.39, 0.29) is 37.8 Å². The van der Waals surface area contributed by atoms with Crippen molar-refractivity contribution in [1.29, 1.82) is 0 Å². The molecule has 3 N–H and O–H groups in total. The van der Waals surface area contributed by atoms with Gasteiger partial charge in [-0.15, -0.1) is 0 Å². The number of aryl methyl sites for hydroxylation is 1. The molecule has 1 saturated heterocycles. The number of nitrogens with one attached hydrogen (secondary N) is 3. The number of hydrogen-bond donors (Lipinski definition) is 3. The lowest BCUT2D eigenvalue weighted by Gasteiger charge is -2.36. The van der Waals surface area contributed by atoms with Gasteiger partial charge in [-0.25, -0.2) is 0 Å². The second-order valence-electron chi connectivity index (χ2n) is 17.2. The van der Waals surface area contributed by atoms with Gasteiger partial charge < -0.3 is 30.2 Å². The molecule has 3 heterocycles. The largest absolute Gasteiger partial charge is 0.387 e. The fraction of sp³-hybridized carbons (Fsp3) is 0.523. The molecule has 3 aliphatic rings. The Bertz CT molecular complexity index is 2020. The number of oxime groups is 1. The Morgan fingerprint density at radius 3 is 2.41 bits per heavy atom. The molecule has 1 saturated carbocycles. The topological polar surface area (TPSA) is 172 Å². The Morgan fingerprint density at radius 1 is 0.983 bits per heavy atom. The van der Waals surface area contributed by atoms with Crippen LogP contribution < -0.4 is 16.0 Å². The summed E-state index contributed by atoms with van der Waals surface area (Å²) in [6.45, 7) is 9.38. The van der Waals surface area contributed by atoms with E-state index in [4.69, 9.17) is 21.0 Å². The summed E-state index contributed by atoms with van der Waals surface area (Å²) in [6.07, 6.45) is 6.68. The Labute approximate surface area is 345 Å². The summed E-state index contributed by atoms with van der Waals surface area (Å²) >= 11 is 6.29. The number of benzene rings is 2. The summed E-state index contributed by atoms with van der Waals surface area (Å²) in [7, 11) is 0. The van der Waals surface area contributed by atoms with E-state index in [1.54, 1.807) is 18.2 Å². The Kier molecular flexibility index (Phi) is 13.4. The molecule has 14 heteroatoms. The summed E-state index contributed by atoms with van der Waals surface area (Å²) < 4.78 is 5.41. The fourth-order valence-corrected chi connectivity index (χ4v) is 8.33. The van der Waals surface area contributed by atoms with E-state index in [0.29, 0.717) is 41.5 Å². The Balaban J connectivity index is 1.18. The van der Waals surface area contributed by atoms with E-state index in [9.17, 15) is 24.0 Å². The second-order valence-corrected chi connectivity index (χ2v) is 17.6. The highest BCUT2D eigenvalue weighted by atomic mass is 35.5. The third kappa shape index (κ3) is 10.3. The zero-order valence-electron chi connectivity index (χ0n) is 34.1. The summed E-state index contributed by atoms with van der Waals surface area (Å²) in [6, 6.07) is 13.4. The van der Waals surface area contributed by atoms with Gasteiger partial charge in [0.25, 0.3) is 5.91 Å².